The van der Waals surface area contributed by atoms with E-state index in [0.717, 1.165) is 25.8 Å². The molecule has 0 aliphatic carbocycles. The van der Waals surface area contributed by atoms with Gasteiger partial charge in [-0.15, -0.1) is 23.5 Å². The summed E-state index contributed by atoms with van der Waals surface area (Å²) >= 11 is 4.25. The Morgan fingerprint density at radius 1 is 1.32 bits per heavy atom. The number of thioether (sulfide) groups is 2. The van der Waals surface area contributed by atoms with Crippen molar-refractivity contribution in [3.05, 3.63) is 35.5 Å². The number of aromatic amines is 1. The van der Waals surface area contributed by atoms with Crippen molar-refractivity contribution < 1.29 is 9.53 Å². The van der Waals surface area contributed by atoms with Gasteiger partial charge in [-0.2, -0.15) is 0 Å². The van der Waals surface area contributed by atoms with Crippen LogP contribution in [0.15, 0.2) is 24.3 Å². The third-order valence-corrected chi connectivity index (χ3v) is 9.50. The highest BCUT2D eigenvalue weighted by atomic mass is 32.2. The first-order valence-electron chi connectivity index (χ1n) is 8.92. The lowest BCUT2D eigenvalue weighted by atomic mass is 9.86. The Hall–Kier alpha value is -1.11. The molecule has 4 heterocycles. The minimum atomic E-state index is -0.157. The van der Waals surface area contributed by atoms with E-state index in [9.17, 15) is 4.79 Å². The van der Waals surface area contributed by atoms with Crippen molar-refractivity contribution in [2.75, 3.05) is 25.2 Å². The van der Waals surface area contributed by atoms with Crippen LogP contribution in [0.3, 0.4) is 0 Å². The summed E-state index contributed by atoms with van der Waals surface area (Å²) in [6.07, 6.45) is 3.01. The van der Waals surface area contributed by atoms with Gasteiger partial charge in [0.1, 0.15) is 6.04 Å². The molecule has 0 unspecified atom stereocenters. The standard InChI is InChI=1S/C19H22N2O2S2/c1-23-18(22)15-10-13-12-4-2-3-5-14(12)20-17(13)16-11-19(6-7-21(15)16)24-8-9-25-19/h2-5,15-16,20H,6-11H2,1H3/t15-,16-/m0/s1. The maximum absolute atomic E-state index is 12.5. The Morgan fingerprint density at radius 3 is 2.92 bits per heavy atom. The number of esters is 1. The zero-order valence-corrected chi connectivity index (χ0v) is 15.9. The smallest absolute Gasteiger partial charge is 0.323 e. The fourth-order valence-corrected chi connectivity index (χ4v) is 8.03. The lowest BCUT2D eigenvalue weighted by Gasteiger charge is -2.48. The van der Waals surface area contributed by atoms with Crippen LogP contribution in [0.4, 0.5) is 0 Å². The molecule has 1 aromatic carbocycles. The van der Waals surface area contributed by atoms with Crippen LogP contribution in [-0.2, 0) is 16.0 Å². The van der Waals surface area contributed by atoms with Crippen LogP contribution in [0, 0.1) is 0 Å². The second kappa shape index (κ2) is 5.96. The largest absolute Gasteiger partial charge is 0.468 e. The number of H-pyrrole nitrogens is 1. The van der Waals surface area contributed by atoms with Crippen molar-refractivity contribution in [2.45, 2.75) is 35.4 Å². The van der Waals surface area contributed by atoms with Crippen LogP contribution in [0.1, 0.15) is 30.1 Å². The number of nitrogens with one attached hydrogen (secondary N) is 1. The van der Waals surface area contributed by atoms with Crippen molar-refractivity contribution in [3.63, 3.8) is 0 Å². The number of benzene rings is 1. The van der Waals surface area contributed by atoms with Crippen molar-refractivity contribution in [2.24, 2.45) is 0 Å². The van der Waals surface area contributed by atoms with E-state index in [1.807, 2.05) is 0 Å². The highest BCUT2D eigenvalue weighted by Crippen LogP contribution is 2.56. The third-order valence-electron chi connectivity index (χ3n) is 5.92. The summed E-state index contributed by atoms with van der Waals surface area (Å²) in [7, 11) is 1.51. The number of para-hydroxylation sites is 1. The molecule has 0 bridgehead atoms. The molecule has 25 heavy (non-hydrogen) atoms. The van der Waals surface area contributed by atoms with Gasteiger partial charge < -0.3 is 9.72 Å². The Bertz CT molecular complexity index is 828. The summed E-state index contributed by atoms with van der Waals surface area (Å²) in [6, 6.07) is 8.60. The number of hydrogen-bond donors (Lipinski definition) is 1. The second-order valence-corrected chi connectivity index (χ2v) is 10.3. The molecule has 0 amide bonds. The molecule has 1 aromatic heterocycles. The average molecular weight is 375 g/mol. The molecule has 3 aliphatic heterocycles. The molecule has 1 N–H and O–H groups in total. The lowest BCUT2D eigenvalue weighted by Crippen LogP contribution is -2.53. The number of nitrogens with zero attached hydrogens (tertiary/aromatic N) is 1. The molecule has 2 atom stereocenters. The molecule has 6 heteroatoms. The Labute approximate surface area is 156 Å². The van der Waals surface area contributed by atoms with Crippen molar-refractivity contribution in [3.8, 4) is 0 Å². The molecule has 2 saturated heterocycles. The molecule has 0 radical (unpaired) electrons. The average Bonchev–Trinajstić information content (AvgIpc) is 3.25. The Morgan fingerprint density at radius 2 is 2.12 bits per heavy atom. The minimum absolute atomic E-state index is 0.0939. The molecule has 0 saturated carbocycles. The molecule has 4 nitrogen and oxygen atoms in total. The predicted molar refractivity (Wildman–Crippen MR) is 104 cm³/mol. The van der Waals surface area contributed by atoms with Gasteiger partial charge in [0, 0.05) is 41.1 Å². The van der Waals surface area contributed by atoms with E-state index in [1.54, 1.807) is 0 Å². The van der Waals surface area contributed by atoms with Crippen molar-refractivity contribution in [1.29, 1.82) is 0 Å². The quantitative estimate of drug-likeness (QED) is 0.773. The lowest BCUT2D eigenvalue weighted by molar-refractivity contribution is -0.149. The van der Waals surface area contributed by atoms with Gasteiger partial charge in [0.2, 0.25) is 0 Å². The molecule has 5 rings (SSSR count). The summed E-state index contributed by atoms with van der Waals surface area (Å²) in [5.41, 5.74) is 3.83. The second-order valence-electron chi connectivity index (χ2n) is 7.12. The number of piperidine rings is 1. The van der Waals surface area contributed by atoms with Gasteiger partial charge in [-0.1, -0.05) is 18.2 Å². The molecular weight excluding hydrogens is 352 g/mol. The summed E-state index contributed by atoms with van der Waals surface area (Å²) in [6.45, 7) is 0.971. The van der Waals surface area contributed by atoms with Crippen LogP contribution in [0.2, 0.25) is 0 Å². The molecule has 3 aliphatic rings. The fraction of sp³-hybridized carbons (Fsp3) is 0.526. The first-order valence-corrected chi connectivity index (χ1v) is 10.9. The fourth-order valence-electron chi connectivity index (χ4n) is 4.76. The third kappa shape index (κ3) is 2.45. The number of aromatic nitrogens is 1. The SMILES string of the molecule is COC(=O)[C@@H]1Cc2c([nH]c3ccccc23)[C@@H]2CC3(CCN12)SCCS3. The monoisotopic (exact) mass is 374 g/mol. The molecule has 132 valence electrons. The van der Waals surface area contributed by atoms with E-state index in [4.69, 9.17) is 4.74 Å². The van der Waals surface area contributed by atoms with E-state index in [1.165, 1.54) is 40.8 Å². The van der Waals surface area contributed by atoms with Gasteiger partial charge in [-0.3, -0.25) is 9.69 Å². The topological polar surface area (TPSA) is 45.3 Å². The summed E-state index contributed by atoms with van der Waals surface area (Å²) in [4.78, 5) is 18.6. The maximum atomic E-state index is 12.5. The zero-order valence-electron chi connectivity index (χ0n) is 14.3. The van der Waals surface area contributed by atoms with Crippen molar-refractivity contribution >= 4 is 40.4 Å². The highest BCUT2D eigenvalue weighted by molar-refractivity contribution is 8.21. The normalized spacial score (nSPS) is 28.0. The van der Waals surface area contributed by atoms with Gasteiger partial charge in [0.25, 0.3) is 0 Å². The van der Waals surface area contributed by atoms with Crippen LogP contribution >= 0.6 is 23.5 Å². The van der Waals surface area contributed by atoms with E-state index in [-0.39, 0.29) is 18.1 Å². The van der Waals surface area contributed by atoms with Crippen LogP contribution < -0.4 is 0 Å². The summed E-state index contributed by atoms with van der Waals surface area (Å²) in [5, 5.41) is 1.26. The molecular formula is C19H22N2O2S2. The summed E-state index contributed by atoms with van der Waals surface area (Å²) < 4.78 is 5.49. The Kier molecular flexibility index (Phi) is 3.84. The predicted octanol–water partition coefficient (Wildman–Crippen LogP) is 3.58. The number of fused-ring (bicyclic) bond motifs is 5. The van der Waals surface area contributed by atoms with Gasteiger partial charge in [0.15, 0.2) is 0 Å². The van der Waals surface area contributed by atoms with E-state index in [0.29, 0.717) is 4.08 Å². The number of methoxy groups -OCH3 is 1. The van der Waals surface area contributed by atoms with Crippen LogP contribution in [0.25, 0.3) is 10.9 Å². The Balaban J connectivity index is 1.62. The van der Waals surface area contributed by atoms with Gasteiger partial charge in [-0.25, -0.2) is 0 Å². The summed E-state index contributed by atoms with van der Waals surface area (Å²) in [5.74, 6) is 2.40. The minimum Gasteiger partial charge on any atom is -0.468 e. The molecule has 2 fully saturated rings. The first-order chi connectivity index (χ1) is 12.2. The maximum Gasteiger partial charge on any atom is 0.323 e. The van der Waals surface area contributed by atoms with Gasteiger partial charge in [0.05, 0.1) is 17.2 Å². The van der Waals surface area contributed by atoms with Crippen LogP contribution in [0.5, 0.6) is 0 Å². The molecule has 2 aromatic rings. The first kappa shape index (κ1) is 16.1. The molecule has 1 spiro atoms. The number of rotatable bonds is 1. The van der Waals surface area contributed by atoms with Crippen LogP contribution in [-0.4, -0.2) is 51.1 Å². The number of ether oxygens (including phenoxy) is 1. The number of carbonyl (C=O) groups excluding carboxylic acids is 1. The zero-order chi connectivity index (χ0) is 17.0. The van der Waals surface area contributed by atoms with Gasteiger partial charge >= 0.3 is 5.97 Å². The number of hydrogen-bond acceptors (Lipinski definition) is 5. The van der Waals surface area contributed by atoms with E-state index in [2.05, 4.69) is 57.7 Å². The van der Waals surface area contributed by atoms with E-state index < -0.39 is 0 Å². The van der Waals surface area contributed by atoms with Gasteiger partial charge in [-0.05, 0) is 24.5 Å². The van der Waals surface area contributed by atoms with E-state index >= 15 is 0 Å². The highest BCUT2D eigenvalue weighted by Gasteiger charge is 2.49. The number of carbonyl (C=O) groups is 1. The van der Waals surface area contributed by atoms with Crippen molar-refractivity contribution in [1.82, 2.24) is 9.88 Å².